The fourth-order valence-electron chi connectivity index (χ4n) is 1.51. The number of carboxylic acids is 1. The normalized spacial score (nSPS) is 10.8. The number of H-pyrrole nitrogens is 1. The zero-order valence-corrected chi connectivity index (χ0v) is 9.25. The average Bonchev–Trinajstić information content (AvgIpc) is 2.58. The molecule has 0 spiro atoms. The van der Waals surface area contributed by atoms with Gasteiger partial charge in [-0.15, -0.1) is 11.8 Å². The van der Waals surface area contributed by atoms with Crippen LogP contribution in [0.1, 0.15) is 5.69 Å². The molecule has 5 heteroatoms. The molecule has 0 fully saturated rings. The first-order valence-corrected chi connectivity index (χ1v) is 5.91. The van der Waals surface area contributed by atoms with E-state index in [4.69, 9.17) is 5.11 Å². The summed E-state index contributed by atoms with van der Waals surface area (Å²) in [6, 6.07) is 7.02. The Labute approximate surface area is 96.3 Å². The van der Waals surface area contributed by atoms with Crippen molar-refractivity contribution in [2.75, 3.05) is 5.75 Å². The number of benzene rings is 1. The van der Waals surface area contributed by atoms with E-state index in [1.807, 2.05) is 6.07 Å². The Morgan fingerprint density at radius 3 is 2.94 bits per heavy atom. The molecule has 2 rings (SSSR count). The highest BCUT2D eigenvalue weighted by molar-refractivity contribution is 7.99. The Bertz CT molecular complexity index is 521. The van der Waals surface area contributed by atoms with Gasteiger partial charge < -0.3 is 15.2 Å². The van der Waals surface area contributed by atoms with Crippen molar-refractivity contribution in [2.24, 2.45) is 0 Å². The van der Waals surface area contributed by atoms with Gasteiger partial charge in [0.2, 0.25) is 0 Å². The van der Waals surface area contributed by atoms with E-state index in [2.05, 4.69) is 4.98 Å². The number of aromatic nitrogens is 1. The number of carbonyl (C=O) groups is 1. The third kappa shape index (κ3) is 2.49. The highest BCUT2D eigenvalue weighted by atomic mass is 32.2. The average molecular weight is 237 g/mol. The summed E-state index contributed by atoms with van der Waals surface area (Å²) in [5.74, 6) is 0.150. The van der Waals surface area contributed by atoms with Crippen LogP contribution >= 0.6 is 11.8 Å². The van der Waals surface area contributed by atoms with Crippen LogP contribution in [0.25, 0.3) is 10.9 Å². The van der Waals surface area contributed by atoms with Crippen LogP contribution in [-0.2, 0) is 10.5 Å². The first kappa shape index (κ1) is 10.9. The van der Waals surface area contributed by atoms with Gasteiger partial charge in [0.25, 0.3) is 0 Å². The van der Waals surface area contributed by atoms with Gasteiger partial charge in [0.1, 0.15) is 5.75 Å². The summed E-state index contributed by atoms with van der Waals surface area (Å²) in [7, 11) is 0. The third-order valence-corrected chi connectivity index (χ3v) is 3.11. The van der Waals surface area contributed by atoms with Crippen LogP contribution in [-0.4, -0.2) is 26.9 Å². The molecule has 4 nitrogen and oxygen atoms in total. The summed E-state index contributed by atoms with van der Waals surface area (Å²) >= 11 is 1.34. The maximum atomic E-state index is 10.3. The molecule has 0 amide bonds. The smallest absolute Gasteiger partial charge is 0.313 e. The van der Waals surface area contributed by atoms with Crippen LogP contribution in [0.4, 0.5) is 0 Å². The first-order valence-electron chi connectivity index (χ1n) is 4.75. The van der Waals surface area contributed by atoms with Gasteiger partial charge in [-0.1, -0.05) is 0 Å². The number of aromatic hydroxyl groups is 1. The molecule has 1 aromatic heterocycles. The second kappa shape index (κ2) is 4.49. The van der Waals surface area contributed by atoms with Crippen molar-refractivity contribution < 1.29 is 15.0 Å². The summed E-state index contributed by atoms with van der Waals surface area (Å²) in [6.07, 6.45) is 0. The molecule has 1 aromatic carbocycles. The molecular formula is C11H11NO3S. The van der Waals surface area contributed by atoms with E-state index in [9.17, 15) is 9.90 Å². The van der Waals surface area contributed by atoms with Gasteiger partial charge in [-0.3, -0.25) is 4.79 Å². The zero-order valence-electron chi connectivity index (χ0n) is 8.43. The minimum Gasteiger partial charge on any atom is -0.508 e. The summed E-state index contributed by atoms with van der Waals surface area (Å²) in [6.45, 7) is 0. The van der Waals surface area contributed by atoms with E-state index < -0.39 is 5.97 Å². The lowest BCUT2D eigenvalue weighted by molar-refractivity contribution is -0.133. The van der Waals surface area contributed by atoms with E-state index in [0.717, 1.165) is 16.6 Å². The molecule has 3 N–H and O–H groups in total. The van der Waals surface area contributed by atoms with Gasteiger partial charge in [-0.2, -0.15) is 0 Å². The highest BCUT2D eigenvalue weighted by Gasteiger charge is 2.03. The van der Waals surface area contributed by atoms with Crippen molar-refractivity contribution in [3.63, 3.8) is 0 Å². The lowest BCUT2D eigenvalue weighted by Gasteiger charge is -1.94. The topological polar surface area (TPSA) is 73.3 Å². The standard InChI is InChI=1S/C11H11NO3S/c13-9-1-2-10-7(4-9)3-8(12-10)5-16-6-11(14)15/h1-4,12-13H,5-6H2,(H,14,15). The third-order valence-electron chi connectivity index (χ3n) is 2.14. The van der Waals surface area contributed by atoms with E-state index in [-0.39, 0.29) is 11.5 Å². The van der Waals surface area contributed by atoms with Crippen LogP contribution in [0.3, 0.4) is 0 Å². The lowest BCUT2D eigenvalue weighted by Crippen LogP contribution is -1.98. The molecule has 0 aliphatic carbocycles. The number of phenolic OH excluding ortho intramolecular Hbond substituents is 1. The summed E-state index contributed by atoms with van der Waals surface area (Å²) in [5, 5.41) is 18.7. The van der Waals surface area contributed by atoms with Gasteiger partial charge >= 0.3 is 5.97 Å². The van der Waals surface area contributed by atoms with Gasteiger partial charge in [-0.25, -0.2) is 0 Å². The lowest BCUT2D eigenvalue weighted by atomic mass is 10.2. The highest BCUT2D eigenvalue weighted by Crippen LogP contribution is 2.22. The van der Waals surface area contributed by atoms with E-state index in [0.29, 0.717) is 5.75 Å². The quantitative estimate of drug-likeness (QED) is 0.762. The molecule has 0 unspecified atom stereocenters. The molecule has 16 heavy (non-hydrogen) atoms. The molecule has 0 aliphatic rings. The van der Waals surface area contributed by atoms with Crippen LogP contribution < -0.4 is 0 Å². The Morgan fingerprint density at radius 1 is 1.38 bits per heavy atom. The van der Waals surface area contributed by atoms with Gasteiger partial charge in [0.05, 0.1) is 5.75 Å². The second-order valence-corrected chi connectivity index (χ2v) is 4.44. The van der Waals surface area contributed by atoms with Crippen LogP contribution in [0.15, 0.2) is 24.3 Å². The van der Waals surface area contributed by atoms with Crippen molar-refractivity contribution in [1.29, 1.82) is 0 Å². The Balaban J connectivity index is 2.10. The minimum absolute atomic E-state index is 0.0978. The fraction of sp³-hybridized carbons (Fsp3) is 0.182. The number of fused-ring (bicyclic) bond motifs is 1. The number of hydrogen-bond donors (Lipinski definition) is 3. The van der Waals surface area contributed by atoms with E-state index in [1.54, 1.807) is 18.2 Å². The van der Waals surface area contributed by atoms with Gasteiger partial charge in [0, 0.05) is 22.3 Å². The fourth-order valence-corrected chi connectivity index (χ4v) is 2.16. The largest absolute Gasteiger partial charge is 0.508 e. The molecule has 0 bridgehead atoms. The molecule has 0 radical (unpaired) electrons. The Kier molecular flexibility index (Phi) is 3.05. The van der Waals surface area contributed by atoms with Gasteiger partial charge in [-0.05, 0) is 24.3 Å². The van der Waals surface area contributed by atoms with E-state index >= 15 is 0 Å². The molecule has 0 aliphatic heterocycles. The maximum absolute atomic E-state index is 10.3. The molecular weight excluding hydrogens is 226 g/mol. The molecule has 84 valence electrons. The van der Waals surface area contributed by atoms with Crippen molar-refractivity contribution >= 4 is 28.6 Å². The molecule has 0 saturated heterocycles. The number of thioether (sulfide) groups is 1. The van der Waals surface area contributed by atoms with E-state index in [1.165, 1.54) is 11.8 Å². The van der Waals surface area contributed by atoms with Crippen LogP contribution in [0.5, 0.6) is 5.75 Å². The van der Waals surface area contributed by atoms with Crippen LogP contribution in [0.2, 0.25) is 0 Å². The minimum atomic E-state index is -0.807. The number of phenols is 1. The molecule has 1 heterocycles. The summed E-state index contributed by atoms with van der Waals surface area (Å²) in [4.78, 5) is 13.5. The predicted octanol–water partition coefficient (Wildman–Crippen LogP) is 2.19. The van der Waals surface area contributed by atoms with Gasteiger partial charge in [0.15, 0.2) is 0 Å². The first-order chi connectivity index (χ1) is 7.65. The molecule has 2 aromatic rings. The van der Waals surface area contributed by atoms with Crippen LogP contribution in [0, 0.1) is 0 Å². The SMILES string of the molecule is O=C(O)CSCc1cc2cc(O)ccc2[nH]1. The number of aliphatic carboxylic acids is 1. The number of hydrogen-bond acceptors (Lipinski definition) is 3. The van der Waals surface area contributed by atoms with Crippen molar-refractivity contribution in [3.8, 4) is 5.75 Å². The summed E-state index contributed by atoms with van der Waals surface area (Å²) < 4.78 is 0. The van der Waals surface area contributed by atoms with Crippen molar-refractivity contribution in [3.05, 3.63) is 30.0 Å². The zero-order chi connectivity index (χ0) is 11.5. The number of carboxylic acid groups (broad SMARTS) is 1. The maximum Gasteiger partial charge on any atom is 0.313 e. The predicted molar refractivity (Wildman–Crippen MR) is 63.8 cm³/mol. The Hall–Kier alpha value is -1.62. The van der Waals surface area contributed by atoms with Crippen molar-refractivity contribution in [2.45, 2.75) is 5.75 Å². The van der Waals surface area contributed by atoms with Crippen molar-refractivity contribution in [1.82, 2.24) is 4.98 Å². The molecule has 0 saturated carbocycles. The Morgan fingerprint density at radius 2 is 2.19 bits per heavy atom. The number of aromatic amines is 1. The monoisotopic (exact) mass is 237 g/mol. The second-order valence-electron chi connectivity index (χ2n) is 3.45. The number of nitrogens with one attached hydrogen (secondary N) is 1. The summed E-state index contributed by atoms with van der Waals surface area (Å²) in [5.41, 5.74) is 1.91. The molecule has 0 atom stereocenters. The number of rotatable bonds is 4.